The molecule has 0 radical (unpaired) electrons. The third-order valence-corrected chi connectivity index (χ3v) is 5.24. The van der Waals surface area contributed by atoms with Crippen LogP contribution in [0.2, 0.25) is 0 Å². The average Bonchev–Trinajstić information content (AvgIpc) is 3.03. The predicted octanol–water partition coefficient (Wildman–Crippen LogP) is 1.88. The van der Waals surface area contributed by atoms with E-state index in [2.05, 4.69) is 34.1 Å². The van der Waals surface area contributed by atoms with Crippen molar-refractivity contribution in [3.63, 3.8) is 0 Å². The second-order valence-corrected chi connectivity index (χ2v) is 7.97. The fourth-order valence-corrected chi connectivity index (χ4v) is 4.06. The van der Waals surface area contributed by atoms with Crippen LogP contribution in [0.4, 0.5) is 11.5 Å². The SMILES string of the molecule is C[C@H]1C[C@H](C)CN(c2nccn3c(=O)n(CC(=O)Nc4ccc(C#N)cc4)nc23)C1. The molecule has 1 fully saturated rings. The standard InChI is InChI=1S/C21H23N7O2/c1-14-9-15(2)12-26(11-14)19-20-25-28(21(30)27(20)8-7-23-19)13-18(29)24-17-5-3-16(10-22)4-6-17/h3-8,14-15H,9,11-13H2,1-2H3,(H,24,29)/t14-,15-/m0/s1. The number of amides is 1. The molecule has 1 amide bonds. The third kappa shape index (κ3) is 3.89. The molecular weight excluding hydrogens is 382 g/mol. The van der Waals surface area contributed by atoms with Crippen LogP contribution in [0.25, 0.3) is 5.65 Å². The smallest absolute Gasteiger partial charge is 0.350 e. The Kier molecular flexibility index (Phi) is 5.23. The molecule has 2 aromatic heterocycles. The van der Waals surface area contributed by atoms with Crippen LogP contribution >= 0.6 is 0 Å². The first-order valence-electron chi connectivity index (χ1n) is 9.93. The Bertz CT molecular complexity index is 1160. The first-order chi connectivity index (χ1) is 14.4. The fourth-order valence-electron chi connectivity index (χ4n) is 4.06. The van der Waals surface area contributed by atoms with E-state index in [4.69, 9.17) is 5.26 Å². The second kappa shape index (κ2) is 7.99. The topological polar surface area (TPSA) is 108 Å². The van der Waals surface area contributed by atoms with Gasteiger partial charge in [-0.15, -0.1) is 5.10 Å². The van der Waals surface area contributed by atoms with E-state index in [1.165, 1.54) is 4.40 Å². The zero-order valence-electron chi connectivity index (χ0n) is 16.9. The van der Waals surface area contributed by atoms with E-state index in [0.717, 1.165) is 24.2 Å². The number of carbonyl (C=O) groups is 1. The van der Waals surface area contributed by atoms with Gasteiger partial charge in [-0.25, -0.2) is 18.9 Å². The molecule has 30 heavy (non-hydrogen) atoms. The first kappa shape index (κ1) is 19.6. The number of nitriles is 1. The Morgan fingerprint density at radius 1 is 1.23 bits per heavy atom. The van der Waals surface area contributed by atoms with Crippen LogP contribution in [0.3, 0.4) is 0 Å². The van der Waals surface area contributed by atoms with Crippen LogP contribution < -0.4 is 15.9 Å². The number of anilines is 2. The molecule has 1 aromatic carbocycles. The number of fused-ring (bicyclic) bond motifs is 1. The Balaban J connectivity index is 1.58. The molecule has 1 aliphatic heterocycles. The number of carbonyl (C=O) groups excluding carboxylic acids is 1. The summed E-state index contributed by atoms with van der Waals surface area (Å²) >= 11 is 0. The van der Waals surface area contributed by atoms with E-state index in [0.29, 0.717) is 34.6 Å². The number of hydrogen-bond acceptors (Lipinski definition) is 6. The first-order valence-corrected chi connectivity index (χ1v) is 9.93. The van der Waals surface area contributed by atoms with Crippen molar-refractivity contribution >= 4 is 23.1 Å². The van der Waals surface area contributed by atoms with Crippen molar-refractivity contribution in [3.05, 3.63) is 52.7 Å². The van der Waals surface area contributed by atoms with E-state index >= 15 is 0 Å². The lowest BCUT2D eigenvalue weighted by Crippen LogP contribution is -2.39. The fraction of sp³-hybridized carbons (Fsp3) is 0.381. The summed E-state index contributed by atoms with van der Waals surface area (Å²) in [6.45, 7) is 5.92. The summed E-state index contributed by atoms with van der Waals surface area (Å²) < 4.78 is 2.58. The maximum absolute atomic E-state index is 12.8. The summed E-state index contributed by atoms with van der Waals surface area (Å²) in [5.74, 6) is 1.35. The van der Waals surface area contributed by atoms with Crippen LogP contribution in [0.5, 0.6) is 0 Å². The molecule has 1 N–H and O–H groups in total. The predicted molar refractivity (Wildman–Crippen MR) is 112 cm³/mol. The highest BCUT2D eigenvalue weighted by Gasteiger charge is 2.25. The Morgan fingerprint density at radius 3 is 2.60 bits per heavy atom. The summed E-state index contributed by atoms with van der Waals surface area (Å²) in [5, 5.41) is 16.0. The van der Waals surface area contributed by atoms with Gasteiger partial charge in [0.25, 0.3) is 0 Å². The minimum atomic E-state index is -0.387. The van der Waals surface area contributed by atoms with Crippen molar-refractivity contribution in [2.45, 2.75) is 26.8 Å². The molecule has 0 saturated carbocycles. The second-order valence-electron chi connectivity index (χ2n) is 7.97. The van der Waals surface area contributed by atoms with Crippen LogP contribution in [0, 0.1) is 23.2 Å². The molecule has 9 heteroatoms. The van der Waals surface area contributed by atoms with Crippen molar-refractivity contribution in [2.75, 3.05) is 23.3 Å². The molecular formula is C21H23N7O2. The molecule has 0 bridgehead atoms. The van der Waals surface area contributed by atoms with E-state index < -0.39 is 0 Å². The normalized spacial score (nSPS) is 18.9. The lowest BCUT2D eigenvalue weighted by molar-refractivity contribution is -0.117. The Morgan fingerprint density at radius 2 is 1.93 bits per heavy atom. The average molecular weight is 405 g/mol. The summed E-state index contributed by atoms with van der Waals surface area (Å²) in [6, 6.07) is 8.54. The van der Waals surface area contributed by atoms with E-state index in [1.807, 2.05) is 6.07 Å². The van der Waals surface area contributed by atoms with E-state index in [-0.39, 0.29) is 18.1 Å². The highest BCUT2D eigenvalue weighted by Crippen LogP contribution is 2.26. The molecule has 0 spiro atoms. The molecule has 3 aromatic rings. The van der Waals surface area contributed by atoms with Gasteiger partial charge in [0.15, 0.2) is 5.82 Å². The zero-order valence-corrected chi connectivity index (χ0v) is 16.9. The van der Waals surface area contributed by atoms with Crippen LogP contribution in [0.1, 0.15) is 25.8 Å². The van der Waals surface area contributed by atoms with Gasteiger partial charge in [0, 0.05) is 31.2 Å². The minimum Gasteiger partial charge on any atom is -0.353 e. The van der Waals surface area contributed by atoms with Crippen molar-refractivity contribution in [2.24, 2.45) is 11.8 Å². The number of rotatable bonds is 4. The highest BCUT2D eigenvalue weighted by atomic mass is 16.2. The van der Waals surface area contributed by atoms with Gasteiger partial charge in [0.05, 0.1) is 11.6 Å². The molecule has 1 aliphatic rings. The molecule has 9 nitrogen and oxygen atoms in total. The lowest BCUT2D eigenvalue weighted by atomic mass is 9.92. The molecule has 1 saturated heterocycles. The summed E-state index contributed by atoms with van der Waals surface area (Å²) in [4.78, 5) is 31.8. The monoisotopic (exact) mass is 405 g/mol. The number of aromatic nitrogens is 4. The maximum atomic E-state index is 12.8. The van der Waals surface area contributed by atoms with E-state index in [9.17, 15) is 9.59 Å². The van der Waals surface area contributed by atoms with Gasteiger partial charge < -0.3 is 10.2 Å². The Labute approximate surface area is 173 Å². The largest absolute Gasteiger partial charge is 0.353 e. The quantitative estimate of drug-likeness (QED) is 0.710. The highest BCUT2D eigenvalue weighted by molar-refractivity contribution is 5.90. The summed E-state index contributed by atoms with van der Waals surface area (Å²) in [7, 11) is 0. The zero-order chi connectivity index (χ0) is 21.3. The number of benzene rings is 1. The molecule has 4 rings (SSSR count). The van der Waals surface area contributed by atoms with Gasteiger partial charge in [-0.1, -0.05) is 13.8 Å². The van der Waals surface area contributed by atoms with Gasteiger partial charge in [-0.3, -0.25) is 4.79 Å². The van der Waals surface area contributed by atoms with Gasteiger partial charge in [0.1, 0.15) is 6.54 Å². The number of piperidine rings is 1. The van der Waals surface area contributed by atoms with Crippen molar-refractivity contribution in [3.8, 4) is 6.07 Å². The van der Waals surface area contributed by atoms with Crippen LogP contribution in [0.15, 0.2) is 41.5 Å². The molecule has 0 aliphatic carbocycles. The van der Waals surface area contributed by atoms with Crippen LogP contribution in [-0.4, -0.2) is 38.2 Å². The molecule has 2 atom stereocenters. The Hall–Kier alpha value is -3.67. The van der Waals surface area contributed by atoms with Gasteiger partial charge in [-0.05, 0) is 42.5 Å². The number of nitrogens with zero attached hydrogens (tertiary/aromatic N) is 6. The minimum absolute atomic E-state index is 0.216. The molecule has 154 valence electrons. The summed E-state index contributed by atoms with van der Waals surface area (Å²) in [5.41, 5.74) is 1.12. The van der Waals surface area contributed by atoms with E-state index in [1.54, 1.807) is 36.7 Å². The number of nitrogens with one attached hydrogen (secondary N) is 1. The summed E-state index contributed by atoms with van der Waals surface area (Å²) in [6.07, 6.45) is 4.33. The van der Waals surface area contributed by atoms with Crippen molar-refractivity contribution < 1.29 is 4.79 Å². The lowest BCUT2D eigenvalue weighted by Gasteiger charge is -2.35. The van der Waals surface area contributed by atoms with Crippen LogP contribution in [-0.2, 0) is 11.3 Å². The van der Waals surface area contributed by atoms with Crippen molar-refractivity contribution in [1.29, 1.82) is 5.26 Å². The number of hydrogen-bond donors (Lipinski definition) is 1. The maximum Gasteiger partial charge on any atom is 0.350 e. The van der Waals surface area contributed by atoms with Gasteiger partial charge in [0.2, 0.25) is 11.6 Å². The van der Waals surface area contributed by atoms with Gasteiger partial charge in [-0.2, -0.15) is 5.26 Å². The molecule has 0 unspecified atom stereocenters. The molecule has 3 heterocycles. The third-order valence-electron chi connectivity index (χ3n) is 5.24. The van der Waals surface area contributed by atoms with Gasteiger partial charge >= 0.3 is 5.69 Å². The van der Waals surface area contributed by atoms with Crippen molar-refractivity contribution in [1.82, 2.24) is 19.2 Å².